The van der Waals surface area contributed by atoms with Gasteiger partial charge in [0.25, 0.3) is 0 Å². The molecule has 0 atom stereocenters. The van der Waals surface area contributed by atoms with Crippen LogP contribution in [-0.2, 0) is 6.54 Å². The number of furan rings is 1. The summed E-state index contributed by atoms with van der Waals surface area (Å²) in [5.74, 6) is 2.43. The van der Waals surface area contributed by atoms with E-state index in [9.17, 15) is 0 Å². The predicted octanol–water partition coefficient (Wildman–Crippen LogP) is 3.56. The van der Waals surface area contributed by atoms with Crippen molar-refractivity contribution in [2.75, 3.05) is 13.6 Å². The SMILES string of the molecule is C=CCNC(=NC)NCc1ccc(-c2ccc(Br)cc2)o1. The molecule has 2 aromatic rings. The Hall–Kier alpha value is -2.01. The van der Waals surface area contributed by atoms with Gasteiger partial charge in [-0.1, -0.05) is 34.1 Å². The molecule has 110 valence electrons. The third-order valence-corrected chi connectivity index (χ3v) is 3.39. The van der Waals surface area contributed by atoms with Crippen LogP contribution < -0.4 is 10.6 Å². The monoisotopic (exact) mass is 347 g/mol. The second-order valence-electron chi connectivity index (χ2n) is 4.37. The van der Waals surface area contributed by atoms with Crippen molar-refractivity contribution in [3.05, 3.63) is 59.3 Å². The Morgan fingerprint density at radius 3 is 2.67 bits per heavy atom. The Kier molecular flexibility index (Phi) is 5.63. The topological polar surface area (TPSA) is 49.6 Å². The summed E-state index contributed by atoms with van der Waals surface area (Å²) in [6.45, 7) is 4.91. The van der Waals surface area contributed by atoms with Crippen LogP contribution in [0.25, 0.3) is 11.3 Å². The maximum Gasteiger partial charge on any atom is 0.191 e. The number of hydrogen-bond donors (Lipinski definition) is 2. The van der Waals surface area contributed by atoms with Crippen LogP contribution in [0, 0.1) is 0 Å². The van der Waals surface area contributed by atoms with Crippen molar-refractivity contribution >= 4 is 21.9 Å². The molecule has 0 spiro atoms. The zero-order valence-electron chi connectivity index (χ0n) is 11.9. The third kappa shape index (κ3) is 4.49. The quantitative estimate of drug-likeness (QED) is 0.494. The fourth-order valence-electron chi connectivity index (χ4n) is 1.80. The molecule has 0 aliphatic carbocycles. The molecule has 1 aromatic carbocycles. The van der Waals surface area contributed by atoms with E-state index in [1.54, 1.807) is 13.1 Å². The molecule has 0 radical (unpaired) electrons. The zero-order valence-corrected chi connectivity index (χ0v) is 13.5. The molecule has 5 heteroatoms. The number of aliphatic imine (C=N–C) groups is 1. The molecule has 0 unspecified atom stereocenters. The summed E-state index contributed by atoms with van der Waals surface area (Å²) in [7, 11) is 1.73. The van der Waals surface area contributed by atoms with Crippen molar-refractivity contribution in [3.63, 3.8) is 0 Å². The Balaban J connectivity index is 1.97. The predicted molar refractivity (Wildman–Crippen MR) is 90.2 cm³/mol. The van der Waals surface area contributed by atoms with E-state index in [4.69, 9.17) is 4.42 Å². The Bertz CT molecular complexity index is 617. The summed E-state index contributed by atoms with van der Waals surface area (Å²) in [6.07, 6.45) is 1.78. The first-order chi connectivity index (χ1) is 10.2. The lowest BCUT2D eigenvalue weighted by Crippen LogP contribution is -2.36. The molecule has 4 nitrogen and oxygen atoms in total. The van der Waals surface area contributed by atoms with Crippen LogP contribution in [0.1, 0.15) is 5.76 Å². The van der Waals surface area contributed by atoms with E-state index in [-0.39, 0.29) is 0 Å². The van der Waals surface area contributed by atoms with Crippen molar-refractivity contribution in [1.82, 2.24) is 10.6 Å². The molecule has 0 aliphatic rings. The zero-order chi connectivity index (χ0) is 15.1. The minimum atomic E-state index is 0.577. The first kappa shape index (κ1) is 15.4. The molecule has 0 bridgehead atoms. The summed E-state index contributed by atoms with van der Waals surface area (Å²) in [5, 5.41) is 6.29. The summed E-state index contributed by atoms with van der Waals surface area (Å²) < 4.78 is 6.88. The molecule has 1 heterocycles. The second kappa shape index (κ2) is 7.69. The van der Waals surface area contributed by atoms with Crippen LogP contribution in [-0.4, -0.2) is 19.6 Å². The van der Waals surface area contributed by atoms with Gasteiger partial charge in [-0.15, -0.1) is 6.58 Å². The summed E-state index contributed by atoms with van der Waals surface area (Å²) >= 11 is 3.42. The summed E-state index contributed by atoms with van der Waals surface area (Å²) in [5.41, 5.74) is 1.05. The average molecular weight is 348 g/mol. The van der Waals surface area contributed by atoms with Gasteiger partial charge in [-0.2, -0.15) is 0 Å². The number of halogens is 1. The maximum atomic E-state index is 5.83. The lowest BCUT2D eigenvalue weighted by atomic mass is 10.2. The normalized spacial score (nSPS) is 11.2. The Labute approximate surface area is 133 Å². The van der Waals surface area contributed by atoms with Crippen LogP contribution in [0.4, 0.5) is 0 Å². The molecule has 0 aliphatic heterocycles. The van der Waals surface area contributed by atoms with E-state index in [1.807, 2.05) is 36.4 Å². The third-order valence-electron chi connectivity index (χ3n) is 2.86. The van der Waals surface area contributed by atoms with E-state index < -0.39 is 0 Å². The first-order valence-corrected chi connectivity index (χ1v) is 7.42. The average Bonchev–Trinajstić information content (AvgIpc) is 2.97. The van der Waals surface area contributed by atoms with Crippen LogP contribution in [0.5, 0.6) is 0 Å². The standard InChI is InChI=1S/C16H18BrN3O/c1-3-10-19-16(18-2)20-11-14-8-9-15(21-14)12-4-6-13(17)7-5-12/h3-9H,1,10-11H2,2H3,(H2,18,19,20). The van der Waals surface area contributed by atoms with Crippen molar-refractivity contribution in [2.24, 2.45) is 4.99 Å². The van der Waals surface area contributed by atoms with Crippen molar-refractivity contribution < 1.29 is 4.42 Å². The molecular formula is C16H18BrN3O. The molecular weight excluding hydrogens is 330 g/mol. The fourth-order valence-corrected chi connectivity index (χ4v) is 2.07. The first-order valence-electron chi connectivity index (χ1n) is 6.63. The highest BCUT2D eigenvalue weighted by Gasteiger charge is 2.05. The molecule has 2 N–H and O–H groups in total. The number of nitrogens with one attached hydrogen (secondary N) is 2. The molecule has 0 fully saturated rings. The Morgan fingerprint density at radius 2 is 2.00 bits per heavy atom. The molecule has 21 heavy (non-hydrogen) atoms. The minimum absolute atomic E-state index is 0.577. The lowest BCUT2D eigenvalue weighted by molar-refractivity contribution is 0.514. The van der Waals surface area contributed by atoms with E-state index in [2.05, 4.69) is 38.1 Å². The van der Waals surface area contributed by atoms with Gasteiger partial charge in [0.15, 0.2) is 5.96 Å². The van der Waals surface area contributed by atoms with Gasteiger partial charge < -0.3 is 15.1 Å². The highest BCUT2D eigenvalue weighted by atomic mass is 79.9. The van der Waals surface area contributed by atoms with Crippen molar-refractivity contribution in [3.8, 4) is 11.3 Å². The van der Waals surface area contributed by atoms with Gasteiger partial charge in [0, 0.05) is 23.6 Å². The second-order valence-corrected chi connectivity index (χ2v) is 5.28. The molecule has 2 rings (SSSR count). The number of hydrogen-bond acceptors (Lipinski definition) is 2. The molecule has 0 amide bonds. The number of nitrogens with zero attached hydrogens (tertiary/aromatic N) is 1. The number of benzene rings is 1. The van der Waals surface area contributed by atoms with Gasteiger partial charge in [0.05, 0.1) is 6.54 Å². The van der Waals surface area contributed by atoms with Gasteiger partial charge in [-0.05, 0) is 24.3 Å². The fraction of sp³-hybridized carbons (Fsp3) is 0.188. The van der Waals surface area contributed by atoms with E-state index in [1.165, 1.54) is 0 Å². The van der Waals surface area contributed by atoms with E-state index in [0.29, 0.717) is 13.1 Å². The lowest BCUT2D eigenvalue weighted by Gasteiger charge is -2.08. The van der Waals surface area contributed by atoms with E-state index in [0.717, 1.165) is 27.5 Å². The highest BCUT2D eigenvalue weighted by molar-refractivity contribution is 9.10. The molecule has 0 saturated heterocycles. The maximum absolute atomic E-state index is 5.83. The Morgan fingerprint density at radius 1 is 1.24 bits per heavy atom. The number of rotatable bonds is 5. The van der Waals surface area contributed by atoms with Crippen LogP contribution >= 0.6 is 15.9 Å². The van der Waals surface area contributed by atoms with Gasteiger partial charge >= 0.3 is 0 Å². The van der Waals surface area contributed by atoms with Crippen LogP contribution in [0.15, 0.2) is 62.9 Å². The van der Waals surface area contributed by atoms with Gasteiger partial charge in [-0.3, -0.25) is 4.99 Å². The smallest absolute Gasteiger partial charge is 0.191 e. The summed E-state index contributed by atoms with van der Waals surface area (Å²) in [6, 6.07) is 12.0. The van der Waals surface area contributed by atoms with Crippen LogP contribution in [0.2, 0.25) is 0 Å². The van der Waals surface area contributed by atoms with E-state index >= 15 is 0 Å². The largest absolute Gasteiger partial charge is 0.459 e. The number of guanidine groups is 1. The molecule has 1 aromatic heterocycles. The van der Waals surface area contributed by atoms with Gasteiger partial charge in [0.2, 0.25) is 0 Å². The highest BCUT2D eigenvalue weighted by Crippen LogP contribution is 2.23. The van der Waals surface area contributed by atoms with Gasteiger partial charge in [-0.25, -0.2) is 0 Å². The van der Waals surface area contributed by atoms with Crippen molar-refractivity contribution in [1.29, 1.82) is 0 Å². The molecule has 0 saturated carbocycles. The van der Waals surface area contributed by atoms with Gasteiger partial charge in [0.1, 0.15) is 11.5 Å². The minimum Gasteiger partial charge on any atom is -0.459 e. The summed E-state index contributed by atoms with van der Waals surface area (Å²) in [4.78, 5) is 4.12. The van der Waals surface area contributed by atoms with Crippen molar-refractivity contribution in [2.45, 2.75) is 6.54 Å². The van der Waals surface area contributed by atoms with Crippen LogP contribution in [0.3, 0.4) is 0 Å².